The normalized spacial score (nSPS) is 14.6. The first-order chi connectivity index (χ1) is 10.8. The van der Waals surface area contributed by atoms with Crippen LogP contribution in [-0.2, 0) is 4.74 Å². The third kappa shape index (κ3) is 10.1. The van der Waals surface area contributed by atoms with Gasteiger partial charge < -0.3 is 9.64 Å². The highest BCUT2D eigenvalue weighted by atomic mass is 16.6. The van der Waals surface area contributed by atoms with Crippen LogP contribution < -0.4 is 0 Å². The molecule has 0 saturated carbocycles. The summed E-state index contributed by atoms with van der Waals surface area (Å²) in [6, 6.07) is 0. The van der Waals surface area contributed by atoms with Gasteiger partial charge in [0.2, 0.25) is 0 Å². The third-order valence-electron chi connectivity index (χ3n) is 4.63. The van der Waals surface area contributed by atoms with Crippen LogP contribution in [0.15, 0.2) is 0 Å². The molecule has 0 N–H and O–H groups in total. The zero-order valence-corrected chi connectivity index (χ0v) is 14.8. The van der Waals surface area contributed by atoms with Crippen LogP contribution in [0.4, 0.5) is 4.79 Å². The maximum atomic E-state index is 11.2. The van der Waals surface area contributed by atoms with E-state index in [1.807, 2.05) is 4.90 Å². The minimum atomic E-state index is -0.116. The van der Waals surface area contributed by atoms with E-state index in [0.29, 0.717) is 6.61 Å². The first kappa shape index (κ1) is 19.3. The molecular weight excluding hydrogens is 274 g/mol. The van der Waals surface area contributed by atoms with Crippen LogP contribution in [0, 0.1) is 0 Å². The Hall–Kier alpha value is -0.730. The Morgan fingerprint density at radius 3 is 1.64 bits per heavy atom. The lowest BCUT2D eigenvalue weighted by atomic mass is 10.0. The number of amides is 1. The van der Waals surface area contributed by atoms with Gasteiger partial charge >= 0.3 is 6.09 Å². The Kier molecular flexibility index (Phi) is 12.2. The molecule has 1 amide bonds. The van der Waals surface area contributed by atoms with Crippen molar-refractivity contribution in [1.82, 2.24) is 4.90 Å². The van der Waals surface area contributed by atoms with Gasteiger partial charge in [0, 0.05) is 6.54 Å². The minimum Gasteiger partial charge on any atom is -0.448 e. The minimum absolute atomic E-state index is 0.116. The predicted molar refractivity (Wildman–Crippen MR) is 93.2 cm³/mol. The highest BCUT2D eigenvalue weighted by Gasteiger charge is 2.20. The highest BCUT2D eigenvalue weighted by Crippen LogP contribution is 2.13. The molecule has 1 rings (SSSR count). The average Bonchev–Trinajstić information content (AvgIpc) is 2.93. The van der Waals surface area contributed by atoms with E-state index < -0.39 is 0 Å². The summed E-state index contributed by atoms with van der Waals surface area (Å²) < 4.78 is 4.92. The Balaban J connectivity index is 1.70. The van der Waals surface area contributed by atoms with Crippen molar-refractivity contribution in [3.8, 4) is 0 Å². The zero-order chi connectivity index (χ0) is 15.9. The maximum absolute atomic E-state index is 11.2. The van der Waals surface area contributed by atoms with Crippen molar-refractivity contribution < 1.29 is 9.53 Å². The smallest absolute Gasteiger partial charge is 0.409 e. The van der Waals surface area contributed by atoms with E-state index in [1.54, 1.807) is 0 Å². The van der Waals surface area contributed by atoms with Crippen molar-refractivity contribution >= 4 is 6.09 Å². The van der Waals surface area contributed by atoms with Gasteiger partial charge in [-0.2, -0.15) is 0 Å². The highest BCUT2D eigenvalue weighted by molar-refractivity contribution is 5.69. The second-order valence-electron chi connectivity index (χ2n) is 6.70. The Bertz CT molecular complexity index is 268. The first-order valence-corrected chi connectivity index (χ1v) is 9.76. The van der Waals surface area contributed by atoms with E-state index in [0.717, 1.165) is 19.5 Å². The molecule has 0 unspecified atom stereocenters. The molecule has 1 fully saturated rings. The molecule has 0 aliphatic carbocycles. The fourth-order valence-corrected chi connectivity index (χ4v) is 3.13. The number of ether oxygens (including phenoxy) is 1. The van der Waals surface area contributed by atoms with Gasteiger partial charge in [0.25, 0.3) is 0 Å². The van der Waals surface area contributed by atoms with E-state index in [9.17, 15) is 4.79 Å². The molecule has 0 atom stereocenters. The quantitative estimate of drug-likeness (QED) is 0.351. The number of hydrogen-bond donors (Lipinski definition) is 0. The van der Waals surface area contributed by atoms with Gasteiger partial charge in [0.05, 0.1) is 6.54 Å². The van der Waals surface area contributed by atoms with Gasteiger partial charge in [0.1, 0.15) is 6.61 Å². The van der Waals surface area contributed by atoms with Crippen molar-refractivity contribution in [1.29, 1.82) is 0 Å². The molecule has 1 saturated heterocycles. The first-order valence-electron chi connectivity index (χ1n) is 9.76. The molecule has 0 radical (unpaired) electrons. The second kappa shape index (κ2) is 13.9. The summed E-state index contributed by atoms with van der Waals surface area (Å²) in [7, 11) is 0. The summed E-state index contributed by atoms with van der Waals surface area (Å²) in [4.78, 5) is 13.1. The predicted octanol–water partition coefficient (Wildman–Crippen LogP) is 5.92. The lowest BCUT2D eigenvalue weighted by Gasteiger charge is -2.11. The number of carbonyl (C=O) groups excluding carboxylic acids is 1. The molecule has 1 aliphatic rings. The lowest BCUT2D eigenvalue weighted by Crippen LogP contribution is -2.25. The van der Waals surface area contributed by atoms with Gasteiger partial charge in [0.15, 0.2) is 0 Å². The molecule has 3 nitrogen and oxygen atoms in total. The topological polar surface area (TPSA) is 29.5 Å². The van der Waals surface area contributed by atoms with Crippen molar-refractivity contribution in [3.63, 3.8) is 0 Å². The van der Waals surface area contributed by atoms with Crippen LogP contribution in [-0.4, -0.2) is 30.7 Å². The molecule has 0 aromatic carbocycles. The van der Waals surface area contributed by atoms with Crippen LogP contribution in [0.5, 0.6) is 0 Å². The number of rotatable bonds is 15. The van der Waals surface area contributed by atoms with Crippen molar-refractivity contribution in [2.45, 2.75) is 96.8 Å². The molecular formula is C19H37NO2. The lowest BCUT2D eigenvalue weighted by molar-refractivity contribution is 0.158. The van der Waals surface area contributed by atoms with Gasteiger partial charge in [-0.15, -0.1) is 0 Å². The summed E-state index contributed by atoms with van der Waals surface area (Å²) >= 11 is 0. The van der Waals surface area contributed by atoms with Crippen molar-refractivity contribution in [3.05, 3.63) is 0 Å². The van der Waals surface area contributed by atoms with E-state index in [4.69, 9.17) is 4.74 Å². The number of hydrogen-bond acceptors (Lipinski definition) is 2. The van der Waals surface area contributed by atoms with Crippen LogP contribution in [0.2, 0.25) is 0 Å². The molecule has 0 bridgehead atoms. The Labute approximate surface area is 137 Å². The summed E-state index contributed by atoms with van der Waals surface area (Å²) in [6.07, 6.45) is 19.1. The monoisotopic (exact) mass is 311 g/mol. The Morgan fingerprint density at radius 2 is 1.23 bits per heavy atom. The van der Waals surface area contributed by atoms with Crippen LogP contribution in [0.3, 0.4) is 0 Å². The summed E-state index contributed by atoms with van der Waals surface area (Å²) in [5, 5.41) is 0. The summed E-state index contributed by atoms with van der Waals surface area (Å²) in [5.74, 6) is 0. The molecule has 0 aromatic rings. The van der Waals surface area contributed by atoms with E-state index in [1.165, 1.54) is 83.5 Å². The molecule has 22 heavy (non-hydrogen) atoms. The fourth-order valence-electron chi connectivity index (χ4n) is 3.13. The molecule has 0 aromatic heterocycles. The Morgan fingerprint density at radius 1 is 0.773 bits per heavy atom. The maximum Gasteiger partial charge on any atom is 0.409 e. The van der Waals surface area contributed by atoms with Crippen molar-refractivity contribution in [2.24, 2.45) is 0 Å². The van der Waals surface area contributed by atoms with Gasteiger partial charge in [-0.3, -0.25) is 0 Å². The largest absolute Gasteiger partial charge is 0.448 e. The van der Waals surface area contributed by atoms with Crippen LogP contribution in [0.25, 0.3) is 0 Å². The number of unbranched alkanes of at least 4 members (excludes halogenated alkanes) is 13. The molecule has 3 heteroatoms. The summed E-state index contributed by atoms with van der Waals surface area (Å²) in [6.45, 7) is 4.53. The van der Waals surface area contributed by atoms with Crippen LogP contribution in [0.1, 0.15) is 96.8 Å². The average molecular weight is 312 g/mol. The second-order valence-corrected chi connectivity index (χ2v) is 6.70. The molecule has 1 heterocycles. The van der Waals surface area contributed by atoms with Crippen LogP contribution >= 0.6 is 0 Å². The summed E-state index contributed by atoms with van der Waals surface area (Å²) in [5.41, 5.74) is 0. The number of carbonyl (C=O) groups is 1. The van der Waals surface area contributed by atoms with E-state index in [2.05, 4.69) is 6.92 Å². The molecule has 130 valence electrons. The van der Waals surface area contributed by atoms with Gasteiger partial charge in [-0.1, -0.05) is 90.4 Å². The van der Waals surface area contributed by atoms with Gasteiger partial charge in [-0.25, -0.2) is 4.79 Å². The number of cyclic esters (lactones) is 1. The molecule has 0 spiro atoms. The zero-order valence-electron chi connectivity index (χ0n) is 14.8. The third-order valence-corrected chi connectivity index (χ3v) is 4.63. The SMILES string of the molecule is CCCCCCCCCCCCCCCCN1CCOC1=O. The molecule has 1 aliphatic heterocycles. The van der Waals surface area contributed by atoms with E-state index in [-0.39, 0.29) is 6.09 Å². The fraction of sp³-hybridized carbons (Fsp3) is 0.947. The van der Waals surface area contributed by atoms with Crippen molar-refractivity contribution in [2.75, 3.05) is 19.7 Å². The standard InChI is InChI=1S/C19H37NO2/c1-2-3-4-5-6-7-8-9-10-11-12-13-14-15-16-20-17-18-22-19(20)21/h2-18H2,1H3. The number of nitrogens with zero attached hydrogens (tertiary/aromatic N) is 1. The van der Waals surface area contributed by atoms with Gasteiger partial charge in [-0.05, 0) is 6.42 Å². The van der Waals surface area contributed by atoms with E-state index >= 15 is 0 Å².